The Hall–Kier alpha value is -1.83. The van der Waals surface area contributed by atoms with E-state index >= 15 is 0 Å². The summed E-state index contributed by atoms with van der Waals surface area (Å²) < 4.78 is 0. The molecule has 3 rings (SSSR count). The van der Waals surface area contributed by atoms with Gasteiger partial charge in [-0.05, 0) is 19.8 Å². The largest absolute Gasteiger partial charge is 0.382 e. The second-order valence-corrected chi connectivity index (χ2v) is 6.35. The molecule has 0 radical (unpaired) electrons. The molecule has 1 unspecified atom stereocenters. The Morgan fingerprint density at radius 2 is 2.10 bits per heavy atom. The van der Waals surface area contributed by atoms with Crippen molar-refractivity contribution in [3.8, 4) is 0 Å². The molecule has 7 nitrogen and oxygen atoms in total. The minimum Gasteiger partial charge on any atom is -0.382 e. The van der Waals surface area contributed by atoms with Gasteiger partial charge in [-0.3, -0.25) is 9.59 Å². The van der Waals surface area contributed by atoms with E-state index in [0.29, 0.717) is 18.0 Å². The summed E-state index contributed by atoms with van der Waals surface area (Å²) >= 11 is 1.33. The molecule has 2 amide bonds. The van der Waals surface area contributed by atoms with Gasteiger partial charge in [0.15, 0.2) is 5.13 Å². The summed E-state index contributed by atoms with van der Waals surface area (Å²) in [6, 6.07) is -0.469. The summed E-state index contributed by atoms with van der Waals surface area (Å²) in [5.41, 5.74) is 5.92. The lowest BCUT2D eigenvalue weighted by Gasteiger charge is -2.32. The highest BCUT2D eigenvalue weighted by atomic mass is 32.1. The Morgan fingerprint density at radius 1 is 1.38 bits per heavy atom. The van der Waals surface area contributed by atoms with Crippen LogP contribution in [0.4, 0.5) is 10.9 Å². The molecule has 114 valence electrons. The number of anilines is 2. The fourth-order valence-electron chi connectivity index (χ4n) is 2.71. The molecule has 21 heavy (non-hydrogen) atoms. The standard InChI is InChI=1S/C13H19N5O2S/c1-8-11(19)15-4-7-18(8)12(20)9-10(14)16-13(21-9)17-5-2-3-6-17/h8H,2-7,14H2,1H3,(H,15,19). The van der Waals surface area contributed by atoms with E-state index in [9.17, 15) is 9.59 Å². The molecule has 1 atom stereocenters. The molecule has 2 aliphatic heterocycles. The quantitative estimate of drug-likeness (QED) is 0.819. The van der Waals surface area contributed by atoms with Gasteiger partial charge in [0, 0.05) is 26.2 Å². The van der Waals surface area contributed by atoms with Crippen LogP contribution in [0.3, 0.4) is 0 Å². The summed E-state index contributed by atoms with van der Waals surface area (Å²) in [5.74, 6) is -0.0552. The predicted octanol–water partition coefficient (Wildman–Crippen LogP) is 0.286. The van der Waals surface area contributed by atoms with Crippen LogP contribution in [0, 0.1) is 0 Å². The number of nitrogens with two attached hydrogens (primary N) is 1. The number of nitrogen functional groups attached to an aromatic ring is 1. The Morgan fingerprint density at radius 3 is 2.81 bits per heavy atom. The van der Waals surface area contributed by atoms with Gasteiger partial charge in [-0.25, -0.2) is 4.98 Å². The Bertz CT molecular complexity index is 567. The van der Waals surface area contributed by atoms with E-state index in [0.717, 1.165) is 31.1 Å². The van der Waals surface area contributed by atoms with Crippen LogP contribution >= 0.6 is 11.3 Å². The molecule has 2 fully saturated rings. The number of thiazole rings is 1. The maximum absolute atomic E-state index is 12.6. The van der Waals surface area contributed by atoms with Gasteiger partial charge in [0.2, 0.25) is 5.91 Å². The van der Waals surface area contributed by atoms with Crippen LogP contribution < -0.4 is 16.0 Å². The number of nitrogens with zero attached hydrogens (tertiary/aromatic N) is 3. The zero-order valence-corrected chi connectivity index (χ0v) is 12.8. The molecular weight excluding hydrogens is 290 g/mol. The first-order valence-electron chi connectivity index (χ1n) is 7.18. The van der Waals surface area contributed by atoms with Crippen molar-refractivity contribution in [3.05, 3.63) is 4.88 Å². The summed E-state index contributed by atoms with van der Waals surface area (Å²) in [6.45, 7) is 4.63. The van der Waals surface area contributed by atoms with Crippen molar-refractivity contribution >= 4 is 34.1 Å². The molecule has 0 aliphatic carbocycles. The minimum atomic E-state index is -0.469. The van der Waals surface area contributed by atoms with Crippen LogP contribution in [0.1, 0.15) is 29.4 Å². The zero-order valence-electron chi connectivity index (χ0n) is 12.0. The maximum Gasteiger partial charge on any atom is 0.268 e. The molecule has 3 N–H and O–H groups in total. The number of nitrogens with one attached hydrogen (secondary N) is 1. The normalized spacial score (nSPS) is 22.5. The van der Waals surface area contributed by atoms with Gasteiger partial charge in [-0.15, -0.1) is 0 Å². The second kappa shape index (κ2) is 5.51. The van der Waals surface area contributed by atoms with Crippen molar-refractivity contribution in [1.29, 1.82) is 0 Å². The smallest absolute Gasteiger partial charge is 0.268 e. The van der Waals surface area contributed by atoms with Crippen LogP contribution in [0.2, 0.25) is 0 Å². The van der Waals surface area contributed by atoms with Crippen LogP contribution in [-0.4, -0.2) is 53.9 Å². The van der Waals surface area contributed by atoms with Crippen LogP contribution in [0.15, 0.2) is 0 Å². The van der Waals surface area contributed by atoms with Crippen molar-refractivity contribution in [2.24, 2.45) is 0 Å². The van der Waals surface area contributed by atoms with E-state index in [1.807, 2.05) is 0 Å². The SMILES string of the molecule is CC1C(=O)NCCN1C(=O)c1sc(N2CCCC2)nc1N. The molecule has 8 heteroatoms. The lowest BCUT2D eigenvalue weighted by atomic mass is 10.2. The van der Waals surface area contributed by atoms with E-state index in [4.69, 9.17) is 5.73 Å². The average Bonchev–Trinajstić information content (AvgIpc) is 3.10. The highest BCUT2D eigenvalue weighted by Gasteiger charge is 2.32. The summed E-state index contributed by atoms with van der Waals surface area (Å²) in [4.78, 5) is 32.8. The monoisotopic (exact) mass is 309 g/mol. The molecule has 0 aromatic carbocycles. The summed E-state index contributed by atoms with van der Waals surface area (Å²) in [5, 5.41) is 3.56. The Kier molecular flexibility index (Phi) is 3.71. The number of aromatic nitrogens is 1. The van der Waals surface area contributed by atoms with E-state index in [2.05, 4.69) is 15.2 Å². The number of amides is 2. The van der Waals surface area contributed by atoms with Gasteiger partial charge in [-0.1, -0.05) is 11.3 Å². The highest BCUT2D eigenvalue weighted by Crippen LogP contribution is 2.31. The lowest BCUT2D eigenvalue weighted by molar-refractivity contribution is -0.127. The van der Waals surface area contributed by atoms with Gasteiger partial charge in [0.25, 0.3) is 5.91 Å². The fraction of sp³-hybridized carbons (Fsp3) is 0.615. The van der Waals surface area contributed by atoms with Gasteiger partial charge >= 0.3 is 0 Å². The topological polar surface area (TPSA) is 91.6 Å². The predicted molar refractivity (Wildman–Crippen MR) is 81.5 cm³/mol. The molecule has 1 aromatic rings. The van der Waals surface area contributed by atoms with E-state index < -0.39 is 6.04 Å². The molecule has 1 aromatic heterocycles. The van der Waals surface area contributed by atoms with Gasteiger partial charge in [-0.2, -0.15) is 0 Å². The van der Waals surface area contributed by atoms with Crippen LogP contribution in [0.5, 0.6) is 0 Å². The molecular formula is C13H19N5O2S. The number of rotatable bonds is 2. The fourth-order valence-corrected chi connectivity index (χ4v) is 3.70. The van der Waals surface area contributed by atoms with Gasteiger partial charge < -0.3 is 20.9 Å². The van der Waals surface area contributed by atoms with Crippen molar-refractivity contribution < 1.29 is 9.59 Å². The summed E-state index contributed by atoms with van der Waals surface area (Å²) in [7, 11) is 0. The van der Waals surface area contributed by atoms with Crippen molar-refractivity contribution in [2.75, 3.05) is 36.8 Å². The number of carbonyl (C=O) groups is 2. The third-order valence-electron chi connectivity index (χ3n) is 3.97. The number of hydrogen-bond acceptors (Lipinski definition) is 6. The van der Waals surface area contributed by atoms with Crippen molar-refractivity contribution in [1.82, 2.24) is 15.2 Å². The molecule has 2 saturated heterocycles. The van der Waals surface area contributed by atoms with E-state index in [1.54, 1.807) is 11.8 Å². The molecule has 3 heterocycles. The maximum atomic E-state index is 12.6. The average molecular weight is 309 g/mol. The number of carbonyl (C=O) groups excluding carboxylic acids is 2. The minimum absolute atomic E-state index is 0.127. The first-order valence-corrected chi connectivity index (χ1v) is 7.99. The Labute approximate surface area is 127 Å². The second-order valence-electron chi connectivity index (χ2n) is 5.37. The molecule has 0 saturated carbocycles. The Balaban J connectivity index is 1.82. The van der Waals surface area contributed by atoms with E-state index in [1.165, 1.54) is 11.3 Å². The van der Waals surface area contributed by atoms with Crippen molar-refractivity contribution in [2.45, 2.75) is 25.8 Å². The first kappa shape index (κ1) is 14.1. The molecule has 0 bridgehead atoms. The highest BCUT2D eigenvalue weighted by molar-refractivity contribution is 7.18. The first-order chi connectivity index (χ1) is 10.1. The summed E-state index contributed by atoms with van der Waals surface area (Å²) in [6.07, 6.45) is 2.29. The number of hydrogen-bond donors (Lipinski definition) is 2. The van der Waals surface area contributed by atoms with Crippen LogP contribution in [-0.2, 0) is 4.79 Å². The van der Waals surface area contributed by atoms with Gasteiger partial charge in [0.1, 0.15) is 16.7 Å². The van der Waals surface area contributed by atoms with E-state index in [-0.39, 0.29) is 17.6 Å². The number of piperazine rings is 1. The zero-order chi connectivity index (χ0) is 15.0. The van der Waals surface area contributed by atoms with Crippen molar-refractivity contribution in [3.63, 3.8) is 0 Å². The van der Waals surface area contributed by atoms with Gasteiger partial charge in [0.05, 0.1) is 0 Å². The molecule has 2 aliphatic rings. The van der Waals surface area contributed by atoms with Crippen LogP contribution in [0.25, 0.3) is 0 Å². The third-order valence-corrected chi connectivity index (χ3v) is 5.09. The third kappa shape index (κ3) is 2.55. The lowest BCUT2D eigenvalue weighted by Crippen LogP contribution is -2.55. The molecule has 0 spiro atoms.